The molecule has 3 aromatic rings. The second-order valence-corrected chi connectivity index (χ2v) is 11.3. The Morgan fingerprint density at radius 1 is 1.21 bits per heavy atom. The number of aromatic nitrogens is 3. The van der Waals surface area contributed by atoms with E-state index in [1.54, 1.807) is 24.2 Å². The van der Waals surface area contributed by atoms with Crippen molar-refractivity contribution in [1.29, 1.82) is 0 Å². The Bertz CT molecular complexity index is 1320. The smallest absolute Gasteiger partial charge is 0.410 e. The summed E-state index contributed by atoms with van der Waals surface area (Å²) in [5.74, 6) is 0.477. The van der Waals surface area contributed by atoms with E-state index in [0.29, 0.717) is 41.8 Å². The van der Waals surface area contributed by atoms with Gasteiger partial charge in [-0.3, -0.25) is 4.68 Å². The average molecular weight is 579 g/mol. The fraction of sp³-hybridized carbons (Fsp3) is 0.464. The summed E-state index contributed by atoms with van der Waals surface area (Å²) in [5, 5.41) is 8.05. The zero-order valence-corrected chi connectivity index (χ0v) is 24.3. The van der Waals surface area contributed by atoms with Gasteiger partial charge >= 0.3 is 6.09 Å². The lowest BCUT2D eigenvalue weighted by Gasteiger charge is -2.33. The Morgan fingerprint density at radius 2 is 1.92 bits per heavy atom. The molecule has 0 bridgehead atoms. The van der Waals surface area contributed by atoms with Crippen molar-refractivity contribution < 1.29 is 18.7 Å². The van der Waals surface area contributed by atoms with Crippen LogP contribution >= 0.6 is 23.2 Å². The van der Waals surface area contributed by atoms with Gasteiger partial charge in [0.1, 0.15) is 17.5 Å². The van der Waals surface area contributed by atoms with Gasteiger partial charge in [0.15, 0.2) is 11.6 Å². The molecule has 0 spiro atoms. The van der Waals surface area contributed by atoms with Crippen molar-refractivity contribution in [2.75, 3.05) is 25.0 Å². The lowest BCUT2D eigenvalue weighted by atomic mass is 10.1. The lowest BCUT2D eigenvalue weighted by Crippen LogP contribution is -2.42. The van der Waals surface area contributed by atoms with E-state index in [4.69, 9.17) is 32.7 Å². The predicted molar refractivity (Wildman–Crippen MR) is 151 cm³/mol. The van der Waals surface area contributed by atoms with Gasteiger partial charge < -0.3 is 19.7 Å². The Kier molecular flexibility index (Phi) is 8.91. The van der Waals surface area contributed by atoms with Crippen molar-refractivity contribution >= 4 is 35.1 Å². The highest BCUT2D eigenvalue weighted by Crippen LogP contribution is 2.38. The van der Waals surface area contributed by atoms with Crippen molar-refractivity contribution in [1.82, 2.24) is 19.7 Å². The van der Waals surface area contributed by atoms with E-state index in [2.05, 4.69) is 15.4 Å². The second kappa shape index (κ2) is 12.0. The number of anilines is 1. The van der Waals surface area contributed by atoms with Gasteiger partial charge in [-0.15, -0.1) is 0 Å². The maximum atomic E-state index is 14.1. The molecule has 2 aromatic heterocycles. The number of rotatable bonds is 7. The van der Waals surface area contributed by atoms with Crippen molar-refractivity contribution in [3.63, 3.8) is 0 Å². The third-order valence-corrected chi connectivity index (χ3v) is 7.13. The number of nitrogens with one attached hydrogen (secondary N) is 1. The molecule has 0 saturated carbocycles. The van der Waals surface area contributed by atoms with Gasteiger partial charge in [-0.25, -0.2) is 14.2 Å². The van der Waals surface area contributed by atoms with Crippen molar-refractivity contribution in [3.8, 4) is 16.9 Å². The molecular weight excluding hydrogens is 544 g/mol. The van der Waals surface area contributed by atoms with Crippen LogP contribution in [0.15, 0.2) is 36.8 Å². The maximum Gasteiger partial charge on any atom is 0.410 e. The molecule has 210 valence electrons. The molecule has 1 amide bonds. The molecule has 1 aliphatic heterocycles. The first-order chi connectivity index (χ1) is 18.5. The predicted octanol–water partition coefficient (Wildman–Crippen LogP) is 7.53. The second-order valence-electron chi connectivity index (χ2n) is 10.5. The minimum absolute atomic E-state index is 0.0666. The number of hydrogen-bond acceptors (Lipinski definition) is 6. The van der Waals surface area contributed by atoms with Gasteiger partial charge in [-0.1, -0.05) is 23.2 Å². The molecule has 1 N–H and O–H groups in total. The van der Waals surface area contributed by atoms with Crippen LogP contribution < -0.4 is 10.1 Å². The van der Waals surface area contributed by atoms with Gasteiger partial charge in [0.05, 0.1) is 17.3 Å². The number of carbonyl (C=O) groups excluding carboxylic acids is 1. The summed E-state index contributed by atoms with van der Waals surface area (Å²) in [4.78, 5) is 18.7. The van der Waals surface area contributed by atoms with Crippen molar-refractivity contribution in [2.45, 2.75) is 65.2 Å². The minimum Gasteiger partial charge on any atom is -0.482 e. The SMILES string of the molecule is CCNc1ncc(-c2cnn(C3CCN(C(=O)OC(C)(C)C)CC3)c2)cc1OC(C)c1c(Cl)ccc(F)c1Cl. The van der Waals surface area contributed by atoms with Gasteiger partial charge in [-0.05, 0) is 65.7 Å². The van der Waals surface area contributed by atoms with Crippen molar-refractivity contribution in [2.24, 2.45) is 0 Å². The normalized spacial score (nSPS) is 15.2. The van der Waals surface area contributed by atoms with Crippen LogP contribution in [0.1, 0.15) is 65.2 Å². The molecule has 4 rings (SSSR count). The number of halogens is 3. The highest BCUT2D eigenvalue weighted by molar-refractivity contribution is 6.36. The highest BCUT2D eigenvalue weighted by Gasteiger charge is 2.28. The van der Waals surface area contributed by atoms with E-state index < -0.39 is 17.5 Å². The van der Waals surface area contributed by atoms with Crippen LogP contribution in [0.25, 0.3) is 11.1 Å². The third-order valence-electron chi connectivity index (χ3n) is 6.41. The summed E-state index contributed by atoms with van der Waals surface area (Å²) >= 11 is 12.5. The van der Waals surface area contributed by atoms with E-state index in [1.807, 2.05) is 44.6 Å². The Hall–Kier alpha value is -3.04. The fourth-order valence-electron chi connectivity index (χ4n) is 4.48. The maximum absolute atomic E-state index is 14.1. The van der Waals surface area contributed by atoms with Crippen LogP contribution in [0.2, 0.25) is 10.0 Å². The number of nitrogens with zero attached hydrogens (tertiary/aromatic N) is 4. The molecule has 8 nitrogen and oxygen atoms in total. The van der Waals surface area contributed by atoms with Crippen LogP contribution in [-0.2, 0) is 4.74 Å². The molecule has 0 aliphatic carbocycles. The van der Waals surface area contributed by atoms with E-state index in [1.165, 1.54) is 12.1 Å². The number of carbonyl (C=O) groups is 1. The zero-order chi connectivity index (χ0) is 28.3. The summed E-state index contributed by atoms with van der Waals surface area (Å²) in [6.45, 7) is 11.2. The molecule has 39 heavy (non-hydrogen) atoms. The number of amides is 1. The molecule has 1 saturated heterocycles. The molecule has 1 aliphatic rings. The summed E-state index contributed by atoms with van der Waals surface area (Å²) < 4.78 is 27.8. The van der Waals surface area contributed by atoms with E-state index in [-0.39, 0.29) is 17.2 Å². The Balaban J connectivity index is 1.50. The van der Waals surface area contributed by atoms with E-state index in [0.717, 1.165) is 24.0 Å². The van der Waals surface area contributed by atoms with E-state index in [9.17, 15) is 9.18 Å². The topological polar surface area (TPSA) is 81.5 Å². The Labute approximate surface area is 238 Å². The molecule has 0 radical (unpaired) electrons. The summed E-state index contributed by atoms with van der Waals surface area (Å²) in [5.41, 5.74) is 1.54. The average Bonchev–Trinajstić information content (AvgIpc) is 3.37. The zero-order valence-electron chi connectivity index (χ0n) is 22.8. The number of hydrogen-bond donors (Lipinski definition) is 1. The molecule has 1 unspecified atom stereocenters. The number of benzene rings is 1. The third kappa shape index (κ3) is 6.94. The molecule has 11 heteroatoms. The van der Waals surface area contributed by atoms with Crippen LogP contribution in [0.4, 0.5) is 15.0 Å². The van der Waals surface area contributed by atoms with Crippen LogP contribution in [-0.4, -0.2) is 51.0 Å². The number of pyridine rings is 1. The molecule has 1 atom stereocenters. The van der Waals surface area contributed by atoms with Gasteiger partial charge in [-0.2, -0.15) is 5.10 Å². The van der Waals surface area contributed by atoms with Crippen LogP contribution in [0, 0.1) is 5.82 Å². The first-order valence-electron chi connectivity index (χ1n) is 13.0. The summed E-state index contributed by atoms with van der Waals surface area (Å²) in [6.07, 6.45) is 6.16. The number of ether oxygens (including phenoxy) is 2. The fourth-order valence-corrected chi connectivity index (χ4v) is 5.16. The summed E-state index contributed by atoms with van der Waals surface area (Å²) in [6, 6.07) is 4.73. The molecule has 3 heterocycles. The Morgan fingerprint density at radius 3 is 2.59 bits per heavy atom. The number of likely N-dealkylation sites (tertiary alicyclic amines) is 1. The van der Waals surface area contributed by atoms with Crippen LogP contribution in [0.5, 0.6) is 5.75 Å². The van der Waals surface area contributed by atoms with Crippen molar-refractivity contribution in [3.05, 3.63) is 58.2 Å². The summed E-state index contributed by atoms with van der Waals surface area (Å²) in [7, 11) is 0. The highest BCUT2D eigenvalue weighted by atomic mass is 35.5. The van der Waals surface area contributed by atoms with Crippen LogP contribution in [0.3, 0.4) is 0 Å². The quantitative estimate of drug-likeness (QED) is 0.292. The lowest BCUT2D eigenvalue weighted by molar-refractivity contribution is 0.0185. The first-order valence-corrected chi connectivity index (χ1v) is 13.8. The minimum atomic E-state index is -0.631. The largest absolute Gasteiger partial charge is 0.482 e. The number of piperidine rings is 1. The van der Waals surface area contributed by atoms with Gasteiger partial charge in [0.2, 0.25) is 0 Å². The first kappa shape index (κ1) is 29.0. The molecular formula is C28H34Cl2FN5O3. The van der Waals surface area contributed by atoms with Gasteiger partial charge in [0, 0.05) is 53.7 Å². The monoisotopic (exact) mass is 577 g/mol. The standard InChI is InChI=1S/C28H34Cl2FN5O3/c1-6-32-26-23(38-17(2)24-21(29)7-8-22(31)25(24)30)13-18(14-33-26)19-15-34-36(16-19)20-9-11-35(12-10-20)27(37)39-28(3,4)5/h7-8,13-17,20H,6,9-12H2,1-5H3,(H,32,33). The molecule has 1 aromatic carbocycles. The molecule has 1 fully saturated rings. The van der Waals surface area contributed by atoms with E-state index >= 15 is 0 Å². The van der Waals surface area contributed by atoms with Gasteiger partial charge in [0.25, 0.3) is 0 Å².